The van der Waals surface area contributed by atoms with Crippen molar-refractivity contribution >= 4 is 21.7 Å². The minimum absolute atomic E-state index is 0.00761. The van der Waals surface area contributed by atoms with Crippen molar-refractivity contribution in [3.05, 3.63) is 72.3 Å². The van der Waals surface area contributed by atoms with Gasteiger partial charge >= 0.3 is 0 Å². The Balaban J connectivity index is 1.82. The summed E-state index contributed by atoms with van der Waals surface area (Å²) in [6.07, 6.45) is 4.71. The zero-order chi connectivity index (χ0) is 27.7. The van der Waals surface area contributed by atoms with Crippen molar-refractivity contribution in [3.8, 4) is 22.6 Å². The molecule has 1 amide bonds. The predicted octanol–water partition coefficient (Wildman–Crippen LogP) is 4.77. The van der Waals surface area contributed by atoms with E-state index >= 15 is 0 Å². The average molecular weight is 538 g/mol. The van der Waals surface area contributed by atoms with E-state index in [1.54, 1.807) is 55.4 Å². The molecule has 4 aromatic rings. The Morgan fingerprint density at radius 1 is 1.11 bits per heavy atom. The summed E-state index contributed by atoms with van der Waals surface area (Å²) in [5.41, 5.74) is 2.76. The van der Waals surface area contributed by atoms with Crippen LogP contribution in [0.1, 0.15) is 38.3 Å². The summed E-state index contributed by atoms with van der Waals surface area (Å²) in [4.78, 5) is 18.8. The van der Waals surface area contributed by atoms with Crippen LogP contribution in [0.5, 0.6) is 0 Å². The van der Waals surface area contributed by atoms with Gasteiger partial charge in [-0.25, -0.2) is 10.8 Å². The number of carbonyl (C=O) groups excluding carboxylic acids is 1. The number of nitrogens with zero attached hydrogens (tertiary/aromatic N) is 4. The van der Waals surface area contributed by atoms with E-state index in [0.717, 1.165) is 0 Å². The number of hydrogen-bond acceptors (Lipinski definition) is 8. The summed E-state index contributed by atoms with van der Waals surface area (Å²) in [5.74, 6) is 6.43. The van der Waals surface area contributed by atoms with Crippen molar-refractivity contribution < 1.29 is 22.2 Å². The van der Waals surface area contributed by atoms with Gasteiger partial charge in [0.05, 0.1) is 11.1 Å². The lowest BCUT2D eigenvalue weighted by Crippen LogP contribution is -2.38. The summed E-state index contributed by atoms with van der Waals surface area (Å²) >= 11 is 0. The van der Waals surface area contributed by atoms with E-state index in [0.29, 0.717) is 44.5 Å². The van der Waals surface area contributed by atoms with Crippen molar-refractivity contribution in [2.75, 3.05) is 11.5 Å². The number of aryl methyl sites for hydroxylation is 1. The van der Waals surface area contributed by atoms with Crippen molar-refractivity contribution in [1.29, 1.82) is 0 Å². The minimum atomic E-state index is -4.22. The Morgan fingerprint density at radius 3 is 2.47 bits per heavy atom. The summed E-state index contributed by atoms with van der Waals surface area (Å²) in [7, 11) is -2.50. The van der Waals surface area contributed by atoms with Crippen LogP contribution in [0, 0.1) is 12.3 Å². The van der Waals surface area contributed by atoms with Gasteiger partial charge in [-0.05, 0) is 41.7 Å². The van der Waals surface area contributed by atoms with Crippen molar-refractivity contribution in [2.24, 2.45) is 11.3 Å². The number of aromatic nitrogens is 2. The Morgan fingerprint density at radius 2 is 1.84 bits per heavy atom. The SMILES string of the molecule is Cc1conc1N(N)S(=O)(=O)c1ccccc1-c1ccc(-c2ncco2)cc1CN(C)C(=O)CC(C)(C)C. The van der Waals surface area contributed by atoms with Gasteiger partial charge in [0.15, 0.2) is 0 Å². The number of hydrogen-bond donors (Lipinski definition) is 1. The second kappa shape index (κ2) is 10.4. The van der Waals surface area contributed by atoms with Gasteiger partial charge in [0, 0.05) is 36.7 Å². The Kier molecular flexibility index (Phi) is 7.43. The molecule has 0 atom stereocenters. The molecule has 2 aromatic carbocycles. The lowest BCUT2D eigenvalue weighted by atomic mass is 9.91. The Bertz CT molecular complexity index is 1540. The first-order valence-electron chi connectivity index (χ1n) is 12.0. The third-order valence-corrected chi connectivity index (χ3v) is 7.55. The van der Waals surface area contributed by atoms with Crippen molar-refractivity contribution in [2.45, 2.75) is 45.6 Å². The zero-order valence-electron chi connectivity index (χ0n) is 22.0. The summed E-state index contributed by atoms with van der Waals surface area (Å²) in [5, 5.41) is 3.74. The van der Waals surface area contributed by atoms with Crippen molar-refractivity contribution in [3.63, 3.8) is 0 Å². The van der Waals surface area contributed by atoms with Crippen LogP contribution >= 0.6 is 0 Å². The average Bonchev–Trinajstić information content (AvgIpc) is 3.54. The second-order valence-electron chi connectivity index (χ2n) is 10.3. The molecule has 2 heterocycles. The number of amides is 1. The predicted molar refractivity (Wildman–Crippen MR) is 143 cm³/mol. The van der Waals surface area contributed by atoms with Crippen LogP contribution in [0.4, 0.5) is 5.82 Å². The molecule has 2 N–H and O–H groups in total. The molecule has 38 heavy (non-hydrogen) atoms. The van der Waals surface area contributed by atoms with E-state index in [2.05, 4.69) is 10.1 Å². The molecule has 0 saturated carbocycles. The molecule has 0 bridgehead atoms. The fraction of sp³-hybridized carbons (Fsp3) is 0.296. The molecule has 0 aliphatic heterocycles. The lowest BCUT2D eigenvalue weighted by Gasteiger charge is -2.25. The molecular weight excluding hydrogens is 506 g/mol. The maximum atomic E-state index is 13.7. The smallest absolute Gasteiger partial charge is 0.279 e. The first kappa shape index (κ1) is 27.1. The molecule has 0 saturated heterocycles. The maximum absolute atomic E-state index is 13.7. The van der Waals surface area contributed by atoms with Crippen LogP contribution in [0.3, 0.4) is 0 Å². The van der Waals surface area contributed by atoms with Gasteiger partial charge in [0.25, 0.3) is 10.0 Å². The van der Waals surface area contributed by atoms with E-state index in [-0.39, 0.29) is 28.6 Å². The Labute approximate surface area is 222 Å². The third kappa shape index (κ3) is 5.63. The minimum Gasteiger partial charge on any atom is -0.445 e. The molecule has 2 aromatic heterocycles. The van der Waals surface area contributed by atoms with Crippen LogP contribution in [0.15, 0.2) is 75.0 Å². The highest BCUT2D eigenvalue weighted by atomic mass is 32.2. The second-order valence-corrected chi connectivity index (χ2v) is 12.1. The number of oxazole rings is 1. The highest BCUT2D eigenvalue weighted by molar-refractivity contribution is 7.92. The van der Waals surface area contributed by atoms with Crippen LogP contribution < -0.4 is 10.3 Å². The number of rotatable bonds is 8. The van der Waals surface area contributed by atoms with Gasteiger partial charge in [-0.2, -0.15) is 12.8 Å². The molecule has 200 valence electrons. The number of benzene rings is 2. The van der Waals surface area contributed by atoms with Gasteiger partial charge in [0.2, 0.25) is 17.6 Å². The number of nitrogens with two attached hydrogens (primary N) is 1. The van der Waals surface area contributed by atoms with Gasteiger partial charge in [-0.3, -0.25) is 4.79 Å². The lowest BCUT2D eigenvalue weighted by molar-refractivity contribution is -0.132. The summed E-state index contributed by atoms with van der Waals surface area (Å²) < 4.78 is 38.3. The highest BCUT2D eigenvalue weighted by Gasteiger charge is 2.29. The molecule has 0 fully saturated rings. The van der Waals surface area contributed by atoms with Crippen molar-refractivity contribution in [1.82, 2.24) is 15.0 Å². The first-order chi connectivity index (χ1) is 17.9. The van der Waals surface area contributed by atoms with E-state index in [1.807, 2.05) is 26.8 Å². The number of anilines is 1. The van der Waals surface area contributed by atoms with Crippen LogP contribution in [0.25, 0.3) is 22.6 Å². The number of carbonyl (C=O) groups is 1. The third-order valence-electron chi connectivity index (χ3n) is 5.94. The topological polar surface area (TPSA) is 136 Å². The Hall–Kier alpha value is -3.96. The number of sulfonamides is 1. The fourth-order valence-corrected chi connectivity index (χ4v) is 5.37. The summed E-state index contributed by atoms with van der Waals surface area (Å²) in [6, 6.07) is 12.0. The van der Waals surface area contributed by atoms with E-state index in [4.69, 9.17) is 14.8 Å². The van der Waals surface area contributed by atoms with Gasteiger partial charge in [0.1, 0.15) is 12.5 Å². The van der Waals surface area contributed by atoms with Crippen LogP contribution in [-0.4, -0.2) is 36.4 Å². The quantitative estimate of drug-likeness (QED) is 0.251. The maximum Gasteiger partial charge on any atom is 0.279 e. The van der Waals surface area contributed by atoms with E-state index in [1.165, 1.54) is 18.6 Å². The fourth-order valence-electron chi connectivity index (χ4n) is 4.05. The monoisotopic (exact) mass is 537 g/mol. The van der Waals surface area contributed by atoms with E-state index < -0.39 is 10.0 Å². The molecule has 10 nitrogen and oxygen atoms in total. The highest BCUT2D eigenvalue weighted by Crippen LogP contribution is 2.35. The molecule has 0 radical (unpaired) electrons. The molecule has 0 spiro atoms. The molecule has 11 heteroatoms. The van der Waals surface area contributed by atoms with Crippen LogP contribution in [0.2, 0.25) is 0 Å². The van der Waals surface area contributed by atoms with E-state index in [9.17, 15) is 13.2 Å². The number of hydrazine groups is 1. The first-order valence-corrected chi connectivity index (χ1v) is 13.4. The van der Waals surface area contributed by atoms with Crippen LogP contribution in [-0.2, 0) is 21.4 Å². The summed E-state index contributed by atoms with van der Waals surface area (Å²) in [6.45, 7) is 7.90. The van der Waals surface area contributed by atoms with Gasteiger partial charge in [-0.1, -0.05) is 50.2 Å². The molecule has 0 unspecified atom stereocenters. The normalized spacial score (nSPS) is 11.9. The largest absolute Gasteiger partial charge is 0.445 e. The van der Waals surface area contributed by atoms with Gasteiger partial charge in [-0.15, -0.1) is 0 Å². The van der Waals surface area contributed by atoms with Gasteiger partial charge < -0.3 is 13.8 Å². The standard InChI is InChI=1S/C27H31N5O5S/c1-18-17-37-30-25(18)32(28)38(34,35)23-9-7-6-8-22(23)21-11-10-19(26-29-12-13-36-26)14-20(21)16-31(5)24(33)15-27(2,3)4/h6-14,17H,15-16,28H2,1-5H3. The molecule has 0 aliphatic carbocycles. The molecule has 4 rings (SSSR count). The molecular formula is C27H31N5O5S. The zero-order valence-corrected chi connectivity index (χ0v) is 22.8. The molecule has 0 aliphatic rings.